The van der Waals surface area contributed by atoms with Gasteiger partial charge in [-0.1, -0.05) is 0 Å². The molecule has 0 aliphatic carbocycles. The zero-order valence-corrected chi connectivity index (χ0v) is 8.16. The third kappa shape index (κ3) is 11.1. The predicted octanol–water partition coefficient (Wildman–Crippen LogP) is -0.141. The summed E-state index contributed by atoms with van der Waals surface area (Å²) in [5.74, 6) is 0. The topological polar surface area (TPSA) is 29.5 Å². The maximum atomic E-state index is 8.07. The van der Waals surface area contributed by atoms with Crippen LogP contribution in [0.15, 0.2) is 0 Å². The van der Waals surface area contributed by atoms with Crippen LogP contribution in [0.5, 0.6) is 0 Å². The summed E-state index contributed by atoms with van der Waals surface area (Å²) in [7, 11) is 0. The van der Waals surface area contributed by atoms with Gasteiger partial charge in [-0.15, -0.1) is 0 Å². The quantitative estimate of drug-likeness (QED) is 0.483. The van der Waals surface area contributed by atoms with Gasteiger partial charge >= 0.3 is 45.5 Å². The second-order valence-electron chi connectivity index (χ2n) is 0.921. The van der Waals surface area contributed by atoms with Crippen molar-refractivity contribution < 1.29 is 12.7 Å². The first kappa shape index (κ1) is 11.2. The van der Waals surface area contributed by atoms with Crippen molar-refractivity contribution in [1.29, 1.82) is 0 Å². The molecule has 1 N–H and O–H groups in total. The van der Waals surface area contributed by atoms with Gasteiger partial charge in [0.2, 0.25) is 0 Å². The minimum Gasteiger partial charge on any atom is -1.00 e. The second kappa shape index (κ2) is 10.4. The van der Waals surface area contributed by atoms with Gasteiger partial charge in [-0.05, 0) is 6.92 Å². The van der Waals surface area contributed by atoms with Crippen LogP contribution in [0.3, 0.4) is 0 Å². The number of rotatable bonds is 3. The molecule has 0 amide bonds. The Hall–Kier alpha value is 1.40. The van der Waals surface area contributed by atoms with Crippen LogP contribution in [-0.4, -0.2) is 70.4 Å². The largest absolute Gasteiger partial charge is 2.00 e. The van der Waals surface area contributed by atoms with Crippen LogP contribution in [0.1, 0.15) is 9.78 Å². The molecule has 0 atom stereocenters. The normalized spacial score (nSPS) is 7.71. The summed E-state index contributed by atoms with van der Waals surface area (Å²) in [5, 5.41) is 8.07. The second-order valence-corrected chi connectivity index (χ2v) is 0.921. The summed E-state index contributed by atoms with van der Waals surface area (Å²) in [6.45, 7) is 3.20. The Morgan fingerprint density at radius 3 is 2.43 bits per heavy atom. The van der Waals surface area contributed by atoms with Crippen molar-refractivity contribution in [3.63, 3.8) is 0 Å². The molecule has 0 spiro atoms. The molecule has 0 aliphatic heterocycles. The Morgan fingerprint density at radius 1 is 1.71 bits per heavy atom. The molecule has 2 nitrogen and oxygen atoms in total. The van der Waals surface area contributed by atoms with E-state index >= 15 is 0 Å². The van der Waals surface area contributed by atoms with Gasteiger partial charge in [0, 0.05) is 6.61 Å². The summed E-state index contributed by atoms with van der Waals surface area (Å²) in [6.07, 6.45) is 0. The van der Waals surface area contributed by atoms with E-state index in [1.165, 1.54) is 0 Å². The summed E-state index contributed by atoms with van der Waals surface area (Å²) < 4.78 is 4.73. The fourth-order valence-electron chi connectivity index (χ4n) is 0.209. The van der Waals surface area contributed by atoms with Gasteiger partial charge in [0.05, 0.1) is 13.2 Å². The van der Waals surface area contributed by atoms with Gasteiger partial charge in [-0.25, -0.2) is 0 Å². The van der Waals surface area contributed by atoms with Crippen molar-refractivity contribution in [1.82, 2.24) is 0 Å². The first-order chi connectivity index (χ1) is 2.91. The average Bonchev–Trinajstić information content (AvgIpc) is 1.61. The molecular formula is C4H12O2Sr. The Kier molecular flexibility index (Phi) is 16.7. The number of hydrogen-bond acceptors (Lipinski definition) is 2. The summed E-state index contributed by atoms with van der Waals surface area (Å²) in [6, 6.07) is 0. The Morgan fingerprint density at radius 2 is 2.29 bits per heavy atom. The molecule has 0 heterocycles. The summed E-state index contributed by atoms with van der Waals surface area (Å²) >= 11 is 0. The van der Waals surface area contributed by atoms with Crippen molar-refractivity contribution >= 4 is 45.5 Å². The molecule has 0 bridgehead atoms. The van der Waals surface area contributed by atoms with Crippen LogP contribution in [0.25, 0.3) is 0 Å². The van der Waals surface area contributed by atoms with Gasteiger partial charge in [0.15, 0.2) is 0 Å². The number of aliphatic hydroxyl groups excluding tert-OH is 1. The maximum Gasteiger partial charge on any atom is 2.00 e. The van der Waals surface area contributed by atoms with E-state index in [-0.39, 0.29) is 54.9 Å². The maximum absolute atomic E-state index is 8.07. The van der Waals surface area contributed by atoms with Gasteiger partial charge in [0.25, 0.3) is 0 Å². The van der Waals surface area contributed by atoms with Crippen LogP contribution < -0.4 is 0 Å². The molecule has 0 unspecified atom stereocenters. The minimum absolute atomic E-state index is 0. The fraction of sp³-hybridized carbons (Fsp3) is 1.00. The number of aliphatic hydroxyl groups is 1. The van der Waals surface area contributed by atoms with Crippen LogP contribution in [0.4, 0.5) is 0 Å². The number of hydrogen-bond donors (Lipinski definition) is 1. The molecule has 0 fully saturated rings. The SMILES string of the molecule is CCOCCO.[H-].[H-].[Sr+2]. The molecular weight excluding hydrogens is 168 g/mol. The van der Waals surface area contributed by atoms with Crippen molar-refractivity contribution in [2.45, 2.75) is 6.92 Å². The summed E-state index contributed by atoms with van der Waals surface area (Å²) in [4.78, 5) is 0. The van der Waals surface area contributed by atoms with Gasteiger partial charge in [-0.3, -0.25) is 0 Å². The van der Waals surface area contributed by atoms with E-state index in [4.69, 9.17) is 9.84 Å². The van der Waals surface area contributed by atoms with Gasteiger partial charge < -0.3 is 12.7 Å². The van der Waals surface area contributed by atoms with Crippen molar-refractivity contribution in [3.05, 3.63) is 0 Å². The summed E-state index contributed by atoms with van der Waals surface area (Å²) in [5.41, 5.74) is 0. The third-order valence-corrected chi connectivity index (χ3v) is 0.440. The third-order valence-electron chi connectivity index (χ3n) is 0.440. The average molecular weight is 180 g/mol. The standard InChI is InChI=1S/C4H10O2.Sr.2H/c1-2-6-4-3-5;;;/h5H,2-4H2,1H3;;;/q;+2;2*-1. The van der Waals surface area contributed by atoms with Crippen molar-refractivity contribution in [2.24, 2.45) is 0 Å². The zero-order chi connectivity index (χ0) is 4.83. The molecule has 0 aromatic heterocycles. The first-order valence-electron chi connectivity index (χ1n) is 2.10. The van der Waals surface area contributed by atoms with Gasteiger partial charge in [0.1, 0.15) is 0 Å². The Labute approximate surface area is 84.1 Å². The van der Waals surface area contributed by atoms with Crippen molar-refractivity contribution in [2.75, 3.05) is 19.8 Å². The predicted molar refractivity (Wildman–Crippen MR) is 31.6 cm³/mol. The van der Waals surface area contributed by atoms with Crippen LogP contribution in [0.2, 0.25) is 0 Å². The molecule has 7 heavy (non-hydrogen) atoms. The van der Waals surface area contributed by atoms with Gasteiger partial charge in [-0.2, -0.15) is 0 Å². The molecule has 3 heteroatoms. The van der Waals surface area contributed by atoms with Crippen LogP contribution in [-0.2, 0) is 4.74 Å². The molecule has 0 rings (SSSR count). The molecule has 0 aromatic carbocycles. The first-order valence-corrected chi connectivity index (χ1v) is 2.10. The molecule has 0 aromatic rings. The van der Waals surface area contributed by atoms with E-state index in [1.54, 1.807) is 0 Å². The Bertz CT molecular complexity index is 28.5. The molecule has 0 saturated heterocycles. The molecule has 0 radical (unpaired) electrons. The van der Waals surface area contributed by atoms with E-state index in [1.807, 2.05) is 6.92 Å². The minimum atomic E-state index is 0. The smallest absolute Gasteiger partial charge is 1.00 e. The van der Waals surface area contributed by atoms with Crippen LogP contribution in [0, 0.1) is 0 Å². The zero-order valence-electron chi connectivity index (χ0n) is 6.68. The van der Waals surface area contributed by atoms with Crippen molar-refractivity contribution in [3.8, 4) is 0 Å². The Balaban J connectivity index is -0.0000000417. The fourth-order valence-corrected chi connectivity index (χ4v) is 0.209. The number of ether oxygens (including phenoxy) is 1. The van der Waals surface area contributed by atoms with Crippen LogP contribution >= 0.6 is 0 Å². The molecule has 42 valence electrons. The molecule has 0 saturated carbocycles. The van der Waals surface area contributed by atoms with E-state index in [0.29, 0.717) is 13.2 Å². The van der Waals surface area contributed by atoms with E-state index in [9.17, 15) is 0 Å². The molecule has 0 aliphatic rings. The van der Waals surface area contributed by atoms with E-state index in [0.717, 1.165) is 0 Å². The van der Waals surface area contributed by atoms with E-state index < -0.39 is 0 Å². The van der Waals surface area contributed by atoms with E-state index in [2.05, 4.69) is 0 Å². The monoisotopic (exact) mass is 180 g/mol.